The topological polar surface area (TPSA) is 72.2 Å². The van der Waals surface area contributed by atoms with E-state index in [1.165, 1.54) is 6.08 Å². The first-order chi connectivity index (χ1) is 10.2. The molecule has 3 N–H and O–H groups in total. The Morgan fingerprint density at radius 3 is 2.10 bits per heavy atom. The summed E-state index contributed by atoms with van der Waals surface area (Å²) in [4.78, 5) is 23.4. The number of rotatable bonds is 5. The van der Waals surface area contributed by atoms with Crippen LogP contribution in [0.5, 0.6) is 0 Å². The quantitative estimate of drug-likeness (QED) is 0.823. The Kier molecular flexibility index (Phi) is 4.88. The minimum Gasteiger partial charge on any atom is -0.368 e. The summed E-state index contributed by atoms with van der Waals surface area (Å²) in [5, 5.41) is 2.60. The maximum Gasteiger partial charge on any atom is 0.244 e. The lowest BCUT2D eigenvalue weighted by Gasteiger charge is -2.14. The predicted octanol–water partition coefficient (Wildman–Crippen LogP) is 2.04. The number of nitrogens with one attached hydrogen (secondary N) is 1. The molecule has 0 fully saturated rings. The van der Waals surface area contributed by atoms with E-state index in [2.05, 4.69) is 5.32 Å². The average Bonchev–Trinajstić information content (AvgIpc) is 2.52. The Morgan fingerprint density at radius 2 is 1.52 bits per heavy atom. The fourth-order valence-electron chi connectivity index (χ4n) is 1.89. The average molecular weight is 280 g/mol. The molecule has 0 spiro atoms. The van der Waals surface area contributed by atoms with Crippen molar-refractivity contribution in [2.75, 3.05) is 0 Å². The molecule has 1 unspecified atom stereocenters. The first kappa shape index (κ1) is 14.5. The van der Waals surface area contributed by atoms with Gasteiger partial charge in [-0.25, -0.2) is 0 Å². The normalized spacial score (nSPS) is 12.0. The van der Waals surface area contributed by atoms with E-state index in [1.54, 1.807) is 30.3 Å². The maximum absolute atomic E-state index is 11.9. The van der Waals surface area contributed by atoms with E-state index in [9.17, 15) is 9.59 Å². The number of hydrogen-bond acceptors (Lipinski definition) is 2. The van der Waals surface area contributed by atoms with Gasteiger partial charge >= 0.3 is 0 Å². The molecule has 0 heterocycles. The number of primary amides is 1. The van der Waals surface area contributed by atoms with Crippen LogP contribution >= 0.6 is 0 Å². The molecule has 106 valence electrons. The zero-order valence-corrected chi connectivity index (χ0v) is 11.4. The number of hydrogen-bond donors (Lipinski definition) is 2. The summed E-state index contributed by atoms with van der Waals surface area (Å²) in [7, 11) is 0. The minimum atomic E-state index is -0.834. The van der Waals surface area contributed by atoms with Crippen LogP contribution in [0.3, 0.4) is 0 Å². The smallest absolute Gasteiger partial charge is 0.244 e. The summed E-state index contributed by atoms with van der Waals surface area (Å²) in [5.74, 6) is -0.964. The van der Waals surface area contributed by atoms with Crippen LogP contribution in [0.2, 0.25) is 0 Å². The molecule has 2 amide bonds. The van der Waals surface area contributed by atoms with Gasteiger partial charge in [0.2, 0.25) is 11.8 Å². The second kappa shape index (κ2) is 7.05. The van der Waals surface area contributed by atoms with E-state index in [0.717, 1.165) is 5.56 Å². The molecule has 2 aromatic rings. The molecule has 1 atom stereocenters. The standard InChI is InChI=1S/C17H16N2O2/c18-17(21)16(14-9-5-2-6-10-14)19-15(20)12-11-13-7-3-1-4-8-13/h1-12,16H,(H2,18,21)(H,19,20)/b12-11+. The number of carbonyl (C=O) groups excluding carboxylic acids is 2. The van der Waals surface area contributed by atoms with Gasteiger partial charge in [0, 0.05) is 6.08 Å². The van der Waals surface area contributed by atoms with Crippen LogP contribution in [0.1, 0.15) is 17.2 Å². The largest absolute Gasteiger partial charge is 0.368 e. The Labute approximate surface area is 123 Å². The molecular weight excluding hydrogens is 264 g/mol. The van der Waals surface area contributed by atoms with Crippen LogP contribution in [-0.2, 0) is 9.59 Å². The highest BCUT2D eigenvalue weighted by Gasteiger charge is 2.18. The van der Waals surface area contributed by atoms with Gasteiger partial charge in [-0.3, -0.25) is 9.59 Å². The molecule has 21 heavy (non-hydrogen) atoms. The van der Waals surface area contributed by atoms with Crippen molar-refractivity contribution in [3.63, 3.8) is 0 Å². The van der Waals surface area contributed by atoms with Crippen molar-refractivity contribution in [1.29, 1.82) is 0 Å². The van der Waals surface area contributed by atoms with Crippen molar-refractivity contribution >= 4 is 17.9 Å². The lowest BCUT2D eigenvalue weighted by Crippen LogP contribution is -2.36. The van der Waals surface area contributed by atoms with Crippen molar-refractivity contribution in [3.8, 4) is 0 Å². The Hall–Kier alpha value is -2.88. The summed E-state index contributed by atoms with van der Waals surface area (Å²) in [6.45, 7) is 0. The van der Waals surface area contributed by atoms with Gasteiger partial charge in [-0.15, -0.1) is 0 Å². The number of amides is 2. The Balaban J connectivity index is 2.06. The first-order valence-corrected chi connectivity index (χ1v) is 6.54. The van der Waals surface area contributed by atoms with E-state index in [4.69, 9.17) is 5.73 Å². The van der Waals surface area contributed by atoms with Crippen LogP contribution in [0.4, 0.5) is 0 Å². The first-order valence-electron chi connectivity index (χ1n) is 6.54. The molecule has 4 nitrogen and oxygen atoms in total. The van der Waals surface area contributed by atoms with Gasteiger partial charge in [-0.1, -0.05) is 60.7 Å². The minimum absolute atomic E-state index is 0.369. The SMILES string of the molecule is NC(=O)C(NC(=O)/C=C/c1ccccc1)c1ccccc1. The van der Waals surface area contributed by atoms with Gasteiger partial charge in [-0.2, -0.15) is 0 Å². The van der Waals surface area contributed by atoms with Gasteiger partial charge < -0.3 is 11.1 Å². The van der Waals surface area contributed by atoms with E-state index < -0.39 is 11.9 Å². The van der Waals surface area contributed by atoms with E-state index in [0.29, 0.717) is 5.56 Å². The molecule has 0 radical (unpaired) electrons. The molecule has 0 aliphatic carbocycles. The molecular formula is C17H16N2O2. The van der Waals surface area contributed by atoms with Crippen molar-refractivity contribution in [2.45, 2.75) is 6.04 Å². The maximum atomic E-state index is 11.9. The fraction of sp³-hybridized carbons (Fsp3) is 0.0588. The molecule has 0 saturated carbocycles. The van der Waals surface area contributed by atoms with Crippen LogP contribution in [0.25, 0.3) is 6.08 Å². The monoisotopic (exact) mass is 280 g/mol. The van der Waals surface area contributed by atoms with Crippen LogP contribution in [-0.4, -0.2) is 11.8 Å². The second-order valence-electron chi connectivity index (χ2n) is 4.50. The molecule has 0 saturated heterocycles. The third-order valence-corrected chi connectivity index (χ3v) is 2.93. The number of nitrogens with two attached hydrogens (primary N) is 1. The number of benzene rings is 2. The summed E-state index contributed by atoms with van der Waals surface area (Å²) >= 11 is 0. The third-order valence-electron chi connectivity index (χ3n) is 2.93. The summed E-state index contributed by atoms with van der Waals surface area (Å²) < 4.78 is 0. The molecule has 0 bridgehead atoms. The Morgan fingerprint density at radius 1 is 0.952 bits per heavy atom. The van der Waals surface area contributed by atoms with Crippen molar-refractivity contribution in [2.24, 2.45) is 5.73 Å². The lowest BCUT2D eigenvalue weighted by atomic mass is 10.1. The zero-order valence-electron chi connectivity index (χ0n) is 11.4. The molecule has 2 rings (SSSR count). The zero-order chi connectivity index (χ0) is 15.1. The van der Waals surface area contributed by atoms with E-state index in [1.807, 2.05) is 36.4 Å². The summed E-state index contributed by atoms with van der Waals surface area (Å²) in [6.07, 6.45) is 3.06. The highest BCUT2D eigenvalue weighted by molar-refractivity contribution is 5.95. The predicted molar refractivity (Wildman–Crippen MR) is 82.0 cm³/mol. The summed E-state index contributed by atoms with van der Waals surface area (Å²) in [6, 6.07) is 17.5. The second-order valence-corrected chi connectivity index (χ2v) is 4.50. The molecule has 0 aromatic heterocycles. The lowest BCUT2D eigenvalue weighted by molar-refractivity contribution is -0.125. The number of carbonyl (C=O) groups is 2. The van der Waals surface area contributed by atoms with Crippen molar-refractivity contribution in [1.82, 2.24) is 5.32 Å². The molecule has 0 aliphatic rings. The van der Waals surface area contributed by atoms with Crippen LogP contribution < -0.4 is 11.1 Å². The van der Waals surface area contributed by atoms with E-state index >= 15 is 0 Å². The fourth-order valence-corrected chi connectivity index (χ4v) is 1.89. The molecule has 0 aliphatic heterocycles. The van der Waals surface area contributed by atoms with E-state index in [-0.39, 0.29) is 5.91 Å². The van der Waals surface area contributed by atoms with Gasteiger partial charge in [0.05, 0.1) is 0 Å². The van der Waals surface area contributed by atoms with Gasteiger partial charge in [-0.05, 0) is 17.2 Å². The summed E-state index contributed by atoms with van der Waals surface area (Å²) in [5.41, 5.74) is 6.91. The third kappa shape index (κ3) is 4.31. The molecule has 4 heteroatoms. The highest BCUT2D eigenvalue weighted by atomic mass is 16.2. The van der Waals surface area contributed by atoms with Crippen molar-refractivity contribution < 1.29 is 9.59 Å². The van der Waals surface area contributed by atoms with Crippen molar-refractivity contribution in [3.05, 3.63) is 77.9 Å². The Bertz CT molecular complexity index is 636. The van der Waals surface area contributed by atoms with Gasteiger partial charge in [0.1, 0.15) is 6.04 Å². The van der Waals surface area contributed by atoms with Gasteiger partial charge in [0.15, 0.2) is 0 Å². The van der Waals surface area contributed by atoms with Gasteiger partial charge in [0.25, 0.3) is 0 Å². The van der Waals surface area contributed by atoms with Crippen LogP contribution in [0.15, 0.2) is 66.7 Å². The highest BCUT2D eigenvalue weighted by Crippen LogP contribution is 2.12. The molecule has 2 aromatic carbocycles. The van der Waals surface area contributed by atoms with Crippen LogP contribution in [0, 0.1) is 0 Å².